The van der Waals surface area contributed by atoms with Crippen LogP contribution in [0, 0.1) is 20.8 Å². The molecule has 0 unspecified atom stereocenters. The lowest BCUT2D eigenvalue weighted by Gasteiger charge is -2.12. The third kappa shape index (κ3) is 20.0. The molecule has 0 atom stereocenters. The van der Waals surface area contributed by atoms with Gasteiger partial charge >= 0.3 is 19.1 Å². The number of benzene rings is 10. The van der Waals surface area contributed by atoms with Gasteiger partial charge in [0, 0.05) is 76.8 Å². The molecule has 12 nitrogen and oxygen atoms in total. The number of hydrogen-bond donors (Lipinski definition) is 6. The lowest BCUT2D eigenvalue weighted by Crippen LogP contribution is -2.29. The molecule has 0 spiro atoms. The number of carbonyl (C=O) groups excluding carboxylic acids is 1. The van der Waals surface area contributed by atoms with E-state index in [-0.39, 0.29) is 5.91 Å². The summed E-state index contributed by atoms with van der Waals surface area (Å²) in [5, 5.41) is 39.1. The Hall–Kier alpha value is -8.48. The minimum absolute atomic E-state index is 0.146. The largest absolute Gasteiger partial charge is 0.488 e. The van der Waals surface area contributed by atoms with Crippen molar-refractivity contribution in [1.29, 1.82) is 0 Å². The summed E-state index contributed by atoms with van der Waals surface area (Å²) in [6, 6.07) is 72.3. The van der Waals surface area contributed by atoms with Crippen molar-refractivity contribution < 1.29 is 38.9 Å². The number of halogens is 5. The Morgan fingerprint density at radius 2 is 0.910 bits per heavy atom. The normalized spacial score (nSPS) is 11.3. The van der Waals surface area contributed by atoms with E-state index in [4.69, 9.17) is 58.4 Å². The Morgan fingerprint density at radius 3 is 1.34 bits per heavy atom. The Labute approximate surface area is 546 Å². The summed E-state index contributed by atoms with van der Waals surface area (Å²) in [7, 11) is 6.02. The number of nitrogens with one attached hydrogen (secondary N) is 1. The van der Waals surface area contributed by atoms with Gasteiger partial charge in [-0.3, -0.25) is 14.8 Å². The first-order valence-electron chi connectivity index (χ1n) is 27.3. The van der Waals surface area contributed by atoms with Crippen LogP contribution in [0.3, 0.4) is 0 Å². The number of hydrogen-bond acceptors (Lipinski definition) is 9. The van der Waals surface area contributed by atoms with Crippen molar-refractivity contribution in [3.8, 4) is 22.3 Å². The summed E-state index contributed by atoms with van der Waals surface area (Å²) in [6.45, 7) is 5.54. The number of fused-ring (bicyclic) bond motifs is 2. The van der Waals surface area contributed by atoms with Crippen LogP contribution in [0.1, 0.15) is 70.0 Å². The van der Waals surface area contributed by atoms with Crippen LogP contribution in [0.5, 0.6) is 0 Å². The Morgan fingerprint density at radius 1 is 0.506 bits per heavy atom. The van der Waals surface area contributed by atoms with Crippen molar-refractivity contribution in [2.75, 3.05) is 11.1 Å². The van der Waals surface area contributed by atoms with Gasteiger partial charge in [0.15, 0.2) is 0 Å². The van der Waals surface area contributed by atoms with Gasteiger partial charge in [-0.2, -0.15) is 0 Å². The number of nitrogen functional groups attached to an aromatic ring is 1. The molecule has 1 amide bonds. The molecule has 0 fully saturated rings. The summed E-state index contributed by atoms with van der Waals surface area (Å²) in [5.41, 5.74) is 24.0. The van der Waals surface area contributed by atoms with Crippen LogP contribution in [-0.4, -0.2) is 60.9 Å². The van der Waals surface area contributed by atoms with Gasteiger partial charge < -0.3 is 31.3 Å². The molecular formula is C70H58BBrCl4N4O8S. The predicted octanol–water partition coefficient (Wildman–Crippen LogP) is 17.1. The number of aliphatic imine (C=N–C) groups is 2. The zero-order valence-electron chi connectivity index (χ0n) is 48.1. The van der Waals surface area contributed by atoms with Gasteiger partial charge in [-0.05, 0) is 155 Å². The topological polar surface area (TPSA) is 212 Å². The zero-order chi connectivity index (χ0) is 64.1. The predicted molar refractivity (Wildman–Crippen MR) is 370 cm³/mol. The van der Waals surface area contributed by atoms with Crippen LogP contribution < -0.4 is 16.5 Å². The molecule has 0 aromatic heterocycles. The average molecular weight is 1350 g/mol. The molecule has 2 aliphatic rings. The van der Waals surface area contributed by atoms with Crippen molar-refractivity contribution >= 4 is 134 Å². The highest BCUT2D eigenvalue weighted by Crippen LogP contribution is 2.34. The summed E-state index contributed by atoms with van der Waals surface area (Å²) in [5.74, 6) is -1.90. The first-order chi connectivity index (χ1) is 42.6. The van der Waals surface area contributed by atoms with Crippen LogP contribution in [0.15, 0.2) is 245 Å². The minimum atomic E-state index is -1.67. The molecule has 10 aromatic rings. The summed E-state index contributed by atoms with van der Waals surface area (Å²) in [4.78, 5) is 43.7. The molecular weight excluding hydrogens is 1290 g/mol. The Bertz CT molecular complexity index is 4220. The monoisotopic (exact) mass is 1340 g/mol. The van der Waals surface area contributed by atoms with Crippen LogP contribution in [0.2, 0.25) is 10.0 Å². The number of carboxylic acids is 2. The highest BCUT2D eigenvalue weighted by Gasteiger charge is 2.21. The van der Waals surface area contributed by atoms with Gasteiger partial charge in [0.2, 0.25) is 9.23 Å². The third-order valence-electron chi connectivity index (χ3n) is 13.7. The van der Waals surface area contributed by atoms with E-state index in [2.05, 4.69) is 71.9 Å². The molecule has 2 aliphatic heterocycles. The summed E-state index contributed by atoms with van der Waals surface area (Å²) < 4.78 is 9.99. The molecule has 0 aliphatic carbocycles. The number of amides is 1. The van der Waals surface area contributed by atoms with Crippen molar-refractivity contribution in [2.45, 2.75) is 33.6 Å². The van der Waals surface area contributed by atoms with Crippen LogP contribution >= 0.6 is 60.5 Å². The van der Waals surface area contributed by atoms with Crippen molar-refractivity contribution in [3.05, 3.63) is 301 Å². The molecule has 0 saturated carbocycles. The minimum Gasteiger partial charge on any atom is -0.478 e. The van der Waals surface area contributed by atoms with E-state index in [1.165, 1.54) is 11.1 Å². The SMILES string of the molecule is Cc1cc(-c2ccccc2)ccc1C(=O)Nc1ccc(Cl)c(C2=Nc3ccccc3C2)c1.Cc1cc(-c2ccccc2)ccc1C(=O)O.Cc1cc(Br)ccc1C(=O)O.Nc1ccc(Cl)c(C2=Nc3ccccc3C2)c1.O=S(Cl)Cl.OB(O)c1ccccc1. The number of para-hydroxylation sites is 2. The highest BCUT2D eigenvalue weighted by atomic mass is 79.9. The van der Waals surface area contributed by atoms with E-state index in [1.807, 2.05) is 166 Å². The van der Waals surface area contributed by atoms with E-state index in [1.54, 1.807) is 61.5 Å². The lowest BCUT2D eigenvalue weighted by atomic mass is 9.81. The number of aromatic carboxylic acids is 2. The van der Waals surface area contributed by atoms with Crippen LogP contribution in [-0.2, 0) is 22.1 Å². The van der Waals surface area contributed by atoms with Gasteiger partial charge in [-0.1, -0.05) is 191 Å². The number of aryl methyl sites for hydroxylation is 3. The maximum atomic E-state index is 13.0. The Balaban J connectivity index is 0.000000168. The second-order valence-corrected chi connectivity index (χ2v) is 24.2. The number of rotatable bonds is 9. The van der Waals surface area contributed by atoms with E-state index in [0.717, 1.165) is 90.2 Å². The van der Waals surface area contributed by atoms with E-state index >= 15 is 0 Å². The fourth-order valence-electron chi connectivity index (χ4n) is 9.30. The number of anilines is 2. The lowest BCUT2D eigenvalue weighted by molar-refractivity contribution is 0.0685. The van der Waals surface area contributed by atoms with E-state index < -0.39 is 28.3 Å². The number of carboxylic acid groups (broad SMARTS) is 2. The molecule has 2 heterocycles. The van der Waals surface area contributed by atoms with E-state index in [0.29, 0.717) is 43.6 Å². The smallest absolute Gasteiger partial charge is 0.478 e. The molecule has 19 heteroatoms. The molecule has 0 saturated heterocycles. The molecule has 10 aromatic carbocycles. The highest BCUT2D eigenvalue weighted by molar-refractivity contribution is 9.10. The third-order valence-corrected chi connectivity index (χ3v) is 14.9. The van der Waals surface area contributed by atoms with Crippen LogP contribution in [0.25, 0.3) is 22.3 Å². The first-order valence-corrected chi connectivity index (χ1v) is 31.7. The number of nitrogens with zero attached hydrogens (tertiary/aromatic N) is 2. The zero-order valence-corrected chi connectivity index (χ0v) is 53.5. The number of carbonyl (C=O) groups is 3. The molecule has 12 rings (SSSR count). The average Bonchev–Trinajstić information content (AvgIpc) is 2.08. The molecule has 89 heavy (non-hydrogen) atoms. The quantitative estimate of drug-likeness (QED) is 0.0460. The molecule has 450 valence electrons. The van der Waals surface area contributed by atoms with Crippen molar-refractivity contribution in [2.24, 2.45) is 9.98 Å². The number of nitrogens with two attached hydrogens (primary N) is 1. The second kappa shape index (κ2) is 33.2. The maximum absolute atomic E-state index is 13.0. The standard InChI is InChI=1S/C28H21ClN2O.C14H11ClN2.C14H12O2.C8H7BrO2.C6H7BO2.Cl2OS/c1-18-15-20(19-7-3-2-4-8-19)11-13-23(18)28(32)30-22-12-14-25(29)24(17-22)27-16-21-9-5-6-10-26(21)31-27;15-12-6-5-10(16)8-11(12)14-7-9-3-1-2-4-13(9)17-14;1-10-9-12(7-8-13(10)14(15)16)11-5-3-2-4-6-11;1-5-4-6(9)2-3-7(5)8(10)11;8-7(9)6-4-2-1-3-5-6;1-4(2)3/h2-15,17H,16H2,1H3,(H,30,32);1-6,8H,7,16H2;2-9H,1H3,(H,15,16);2-4H,1H3,(H,10,11);1-5,8-9H;. The molecule has 7 N–H and O–H groups in total. The summed E-state index contributed by atoms with van der Waals surface area (Å²) in [6.07, 6.45) is 1.55. The van der Waals surface area contributed by atoms with Gasteiger partial charge in [0.1, 0.15) is 0 Å². The summed E-state index contributed by atoms with van der Waals surface area (Å²) >= 11 is 15.9. The van der Waals surface area contributed by atoms with E-state index in [9.17, 15) is 14.4 Å². The van der Waals surface area contributed by atoms with Crippen molar-refractivity contribution in [3.63, 3.8) is 0 Å². The molecule has 0 bridgehead atoms. The fraction of sp³-hybridized carbons (Fsp3) is 0.0714. The maximum Gasteiger partial charge on any atom is 0.488 e. The van der Waals surface area contributed by atoms with Crippen LogP contribution in [0.4, 0.5) is 22.7 Å². The van der Waals surface area contributed by atoms with Gasteiger partial charge in [0.25, 0.3) is 5.91 Å². The van der Waals surface area contributed by atoms with Gasteiger partial charge in [0.05, 0.1) is 33.9 Å². The molecule has 0 radical (unpaired) electrons. The van der Waals surface area contributed by atoms with Crippen molar-refractivity contribution in [1.82, 2.24) is 0 Å². The van der Waals surface area contributed by atoms with Gasteiger partial charge in [-0.25, -0.2) is 13.8 Å². The Kier molecular flexibility index (Phi) is 25.4. The second-order valence-electron chi connectivity index (χ2n) is 19.9. The van der Waals surface area contributed by atoms with Gasteiger partial charge in [-0.15, -0.1) is 0 Å². The fourth-order valence-corrected chi connectivity index (χ4v) is 10.2. The first kappa shape index (κ1) is 68.0.